The summed E-state index contributed by atoms with van der Waals surface area (Å²) < 4.78 is 41.8. The molecule has 4 aliphatic rings. The lowest BCUT2D eigenvalue weighted by atomic mass is 10.0. The summed E-state index contributed by atoms with van der Waals surface area (Å²) in [5.41, 5.74) is 3.63. The molecule has 1 aromatic carbocycles. The van der Waals surface area contributed by atoms with E-state index in [2.05, 4.69) is 62.1 Å². The number of piperazine rings is 2. The Morgan fingerprint density at radius 1 is 0.679 bits per heavy atom. The Morgan fingerprint density at radius 2 is 1.31 bits per heavy atom. The molecular weight excluding hydrogens is 1080 g/mol. The van der Waals surface area contributed by atoms with E-state index in [1.54, 1.807) is 17.9 Å². The lowest BCUT2D eigenvalue weighted by Gasteiger charge is -2.33. The molecule has 2 aliphatic carbocycles. The third kappa shape index (κ3) is 21.7. The van der Waals surface area contributed by atoms with Gasteiger partial charge in [0.05, 0.1) is 64.9 Å². The number of H-pyrrole nitrogens is 2. The Balaban J connectivity index is 0.646. The molecule has 464 valence electrons. The summed E-state index contributed by atoms with van der Waals surface area (Å²) in [5.74, 6) is 1.25. The van der Waals surface area contributed by atoms with Gasteiger partial charge < -0.3 is 70.0 Å². The van der Waals surface area contributed by atoms with Crippen molar-refractivity contribution in [1.29, 1.82) is 0 Å². The number of nitrogens with zero attached hydrogens (tertiary/aromatic N) is 6. The summed E-state index contributed by atoms with van der Waals surface area (Å²) in [6.07, 6.45) is 10.2. The van der Waals surface area contributed by atoms with Crippen molar-refractivity contribution in [1.82, 2.24) is 61.2 Å². The molecule has 0 bridgehead atoms. The number of anilines is 2. The number of carbonyl (C=O) groups is 4. The number of aromatic nitrogens is 6. The van der Waals surface area contributed by atoms with Gasteiger partial charge in [0, 0.05) is 120 Å². The van der Waals surface area contributed by atoms with Gasteiger partial charge in [-0.15, -0.1) is 0 Å². The van der Waals surface area contributed by atoms with E-state index >= 15 is 0 Å². The zero-order valence-corrected chi connectivity index (χ0v) is 49.4. The van der Waals surface area contributed by atoms with Gasteiger partial charge in [-0.05, 0) is 76.5 Å². The summed E-state index contributed by atoms with van der Waals surface area (Å²) in [4.78, 5) is 56.3. The minimum absolute atomic E-state index is 0.0453. The van der Waals surface area contributed by atoms with Crippen molar-refractivity contribution in [2.45, 2.75) is 134 Å². The Hall–Kier alpha value is -6.19. The molecule has 0 spiro atoms. The lowest BCUT2D eigenvalue weighted by Crippen LogP contribution is -2.53. The Morgan fingerprint density at radius 3 is 2.01 bits per heavy atom. The molecule has 4 aromatic rings. The van der Waals surface area contributed by atoms with E-state index in [1.165, 1.54) is 25.8 Å². The average Bonchev–Trinajstić information content (AvgIpc) is 4.45. The number of aromatic amines is 2. The second-order valence-corrected chi connectivity index (χ2v) is 22.3. The van der Waals surface area contributed by atoms with E-state index in [1.807, 2.05) is 43.3 Å². The van der Waals surface area contributed by atoms with Gasteiger partial charge in [0.25, 0.3) is 5.91 Å². The van der Waals surface area contributed by atoms with Gasteiger partial charge in [-0.25, -0.2) is 9.59 Å². The number of ether oxygens (including phenoxy) is 7. The average molecular weight is 1170 g/mol. The highest BCUT2D eigenvalue weighted by Crippen LogP contribution is 2.37. The second-order valence-electron chi connectivity index (χ2n) is 22.3. The molecule has 25 nitrogen and oxygen atoms in total. The van der Waals surface area contributed by atoms with E-state index in [-0.39, 0.29) is 67.1 Å². The fraction of sp³-hybridized carbons (Fsp3) is 0.678. The smallest absolute Gasteiger partial charge is 0.407 e. The lowest BCUT2D eigenvalue weighted by molar-refractivity contribution is -0.115. The maximum Gasteiger partial charge on any atom is 0.407 e. The first-order valence-electron chi connectivity index (χ1n) is 30.7. The maximum absolute atomic E-state index is 13.8. The van der Waals surface area contributed by atoms with Crippen molar-refractivity contribution < 1.29 is 52.3 Å². The van der Waals surface area contributed by atoms with Crippen LogP contribution in [0.25, 0.3) is 0 Å². The van der Waals surface area contributed by atoms with Crippen molar-refractivity contribution in [3.05, 3.63) is 70.8 Å². The maximum atomic E-state index is 13.8. The highest BCUT2D eigenvalue weighted by Gasteiger charge is 2.32. The van der Waals surface area contributed by atoms with Gasteiger partial charge in [-0.3, -0.25) is 29.4 Å². The third-order valence-corrected chi connectivity index (χ3v) is 15.7. The number of unbranched alkanes of at least 4 members (excludes halogenated alkanes) is 4. The third-order valence-electron chi connectivity index (χ3n) is 15.7. The van der Waals surface area contributed by atoms with Gasteiger partial charge in [0.1, 0.15) is 30.3 Å². The molecule has 5 atom stereocenters. The van der Waals surface area contributed by atoms with Crippen LogP contribution in [0, 0.1) is 0 Å². The van der Waals surface area contributed by atoms with E-state index in [9.17, 15) is 19.2 Å². The van der Waals surface area contributed by atoms with Crippen LogP contribution in [0.1, 0.15) is 129 Å². The first-order valence-corrected chi connectivity index (χ1v) is 30.7. The molecule has 3 aromatic heterocycles. The van der Waals surface area contributed by atoms with Gasteiger partial charge >= 0.3 is 12.2 Å². The molecule has 8 N–H and O–H groups in total. The summed E-state index contributed by atoms with van der Waals surface area (Å²) in [7, 11) is 1.60. The number of nitrogens with one attached hydrogen (secondary N) is 8. The molecule has 25 heteroatoms. The van der Waals surface area contributed by atoms with Gasteiger partial charge in [-0.2, -0.15) is 15.3 Å². The number of methoxy groups -OCH3 is 1. The monoisotopic (exact) mass is 1170 g/mol. The fourth-order valence-electron chi connectivity index (χ4n) is 11.3. The molecule has 8 rings (SSSR count). The van der Waals surface area contributed by atoms with Gasteiger partial charge in [-0.1, -0.05) is 44.4 Å². The summed E-state index contributed by atoms with van der Waals surface area (Å²) in [6, 6.07) is 13.0. The standard InChI is InChI=1S/C59H92N14O11/c1-3-17-62-58(76)83-48-15-13-43(34-48)50-38-54(68-66-50)64-56(74)36-45-11-7-8-12-53(45)82-33-32-81-31-30-80-29-28-79-27-26-72-25-21-61-47(40-72)41-73-52(37-46(70-73)42-78-2)57(75)65-55-39-51(67-69-55)44-14-16-49(35-44)84-59(77)63-18-9-5-4-6-10-22-71-23-19-60-20-24-71/h7-8,11-12,37-39,43-44,47-49,60-61H,3-6,9-10,13-36,40-42H2,1-2H3,(H,62,76)(H,63,77)(H2,64,66,68,74)(H2,65,67,69,75)/t43-,44+,47?,48+,49-/m1/s1. The van der Waals surface area contributed by atoms with E-state index < -0.39 is 0 Å². The number of rotatable bonds is 36. The number of carbonyl (C=O) groups excluding carboxylic acids is 4. The van der Waals surface area contributed by atoms with Gasteiger partial charge in [0.15, 0.2) is 11.6 Å². The quantitative estimate of drug-likeness (QED) is 0.0268. The van der Waals surface area contributed by atoms with Crippen molar-refractivity contribution in [3.63, 3.8) is 0 Å². The normalized spacial score (nSPS) is 20.2. The van der Waals surface area contributed by atoms with Crippen LogP contribution >= 0.6 is 0 Å². The Labute approximate surface area is 493 Å². The molecule has 4 fully saturated rings. The second kappa shape index (κ2) is 35.3. The number of para-hydroxylation sites is 1. The van der Waals surface area contributed by atoms with Crippen LogP contribution in [0.5, 0.6) is 5.75 Å². The highest BCUT2D eigenvalue weighted by atomic mass is 16.6. The van der Waals surface area contributed by atoms with Crippen molar-refractivity contribution >= 4 is 35.6 Å². The van der Waals surface area contributed by atoms with Crippen LogP contribution in [0.15, 0.2) is 42.5 Å². The first-order chi connectivity index (χ1) is 41.2. The summed E-state index contributed by atoms with van der Waals surface area (Å²) >= 11 is 0. The van der Waals surface area contributed by atoms with Crippen LogP contribution < -0.4 is 36.6 Å². The molecule has 5 heterocycles. The van der Waals surface area contributed by atoms with Crippen molar-refractivity contribution in [3.8, 4) is 5.75 Å². The predicted octanol–water partition coefficient (Wildman–Crippen LogP) is 5.30. The number of amides is 4. The molecule has 2 saturated carbocycles. The SMILES string of the molecule is CCCNC(=O)O[C@H]1CC[C@@H](c2cc(NC(=O)Cc3ccccc3OCCOCCOCCOCCN3CCNC(Cn4nc(COC)cc4C(=O)Nc4cc([C@H]5CC[C@@H](OC(=O)NCCCCCCCN6CCNCC6)C5)[nH]n4)C3)n[nH]2)C1. The minimum Gasteiger partial charge on any atom is -0.491 e. The summed E-state index contributed by atoms with van der Waals surface area (Å²) in [6.45, 7) is 15.7. The number of benzene rings is 1. The summed E-state index contributed by atoms with van der Waals surface area (Å²) in [5, 5.41) is 38.1. The number of alkyl carbamates (subject to hydrolysis) is 2. The van der Waals surface area contributed by atoms with Crippen LogP contribution in [0.2, 0.25) is 0 Å². The molecular formula is C59H92N14O11. The van der Waals surface area contributed by atoms with Crippen LogP contribution in [0.4, 0.5) is 21.2 Å². The van der Waals surface area contributed by atoms with Crippen LogP contribution in [-0.2, 0) is 52.8 Å². The van der Waals surface area contributed by atoms with Gasteiger partial charge in [0.2, 0.25) is 5.91 Å². The molecule has 2 saturated heterocycles. The zero-order chi connectivity index (χ0) is 58.6. The van der Waals surface area contributed by atoms with E-state index in [0.29, 0.717) is 107 Å². The van der Waals surface area contributed by atoms with Crippen molar-refractivity contribution in [2.24, 2.45) is 0 Å². The molecule has 4 amide bonds. The number of hydrogen-bond acceptors (Lipinski definition) is 18. The molecule has 2 aliphatic heterocycles. The molecule has 1 unspecified atom stereocenters. The zero-order valence-electron chi connectivity index (χ0n) is 49.4. The first kappa shape index (κ1) is 63.8. The number of hydrogen-bond donors (Lipinski definition) is 8. The molecule has 84 heavy (non-hydrogen) atoms. The predicted molar refractivity (Wildman–Crippen MR) is 315 cm³/mol. The molecule has 0 radical (unpaired) electrons. The fourth-order valence-corrected chi connectivity index (χ4v) is 11.3. The highest BCUT2D eigenvalue weighted by molar-refractivity contribution is 6.02. The van der Waals surface area contributed by atoms with Crippen molar-refractivity contribution in [2.75, 3.05) is 136 Å². The minimum atomic E-state index is -0.380. The topological polar surface area (TPSA) is 287 Å². The van der Waals surface area contributed by atoms with Crippen LogP contribution in [-0.4, -0.2) is 208 Å². The van der Waals surface area contributed by atoms with E-state index in [4.69, 9.17) is 38.3 Å². The Kier molecular flexibility index (Phi) is 26.8. The largest absolute Gasteiger partial charge is 0.491 e. The Bertz CT molecular complexity index is 2590. The van der Waals surface area contributed by atoms with Crippen LogP contribution in [0.3, 0.4) is 0 Å². The van der Waals surface area contributed by atoms with E-state index in [0.717, 1.165) is 114 Å².